The molecule has 0 bridgehead atoms. The van der Waals surface area contributed by atoms with Crippen molar-refractivity contribution in [2.24, 2.45) is 5.92 Å². The van der Waals surface area contributed by atoms with Crippen molar-refractivity contribution in [2.75, 3.05) is 0 Å². The number of rotatable bonds is 4. The molecule has 2 aromatic rings. The molecule has 5 heteroatoms. The number of nitrogens with one attached hydrogen (secondary N) is 1. The Morgan fingerprint density at radius 1 is 1.33 bits per heavy atom. The van der Waals surface area contributed by atoms with Crippen LogP contribution >= 0.6 is 0 Å². The van der Waals surface area contributed by atoms with E-state index >= 15 is 0 Å². The van der Waals surface area contributed by atoms with Gasteiger partial charge < -0.3 is 5.11 Å². The molecule has 0 amide bonds. The highest BCUT2D eigenvalue weighted by molar-refractivity contribution is 5.67. The molecule has 1 fully saturated rings. The summed E-state index contributed by atoms with van der Waals surface area (Å²) in [4.78, 5) is 26.2. The van der Waals surface area contributed by atoms with Crippen molar-refractivity contribution in [3.8, 4) is 17.0 Å². The highest BCUT2D eigenvalue weighted by Gasteiger charge is 2.22. The van der Waals surface area contributed by atoms with E-state index in [9.17, 15) is 14.7 Å². The number of H-pyrrole nitrogens is 1. The summed E-state index contributed by atoms with van der Waals surface area (Å²) in [7, 11) is 0. The van der Waals surface area contributed by atoms with Crippen LogP contribution in [-0.4, -0.2) is 14.7 Å². The molecule has 0 saturated heterocycles. The number of hydrogen-bond acceptors (Lipinski definition) is 3. The Morgan fingerprint density at radius 3 is 2.76 bits per heavy atom. The summed E-state index contributed by atoms with van der Waals surface area (Å²) < 4.78 is 1.26. The zero-order chi connectivity index (χ0) is 15.0. The van der Waals surface area contributed by atoms with Gasteiger partial charge in [0.05, 0.1) is 0 Å². The first-order chi connectivity index (χ1) is 10.1. The summed E-state index contributed by atoms with van der Waals surface area (Å²) in [5, 5.41) is 10.4. The summed E-state index contributed by atoms with van der Waals surface area (Å²) in [6.45, 7) is 2.35. The molecule has 0 aliphatic heterocycles. The molecular weight excluding hydrogens is 268 g/mol. The van der Waals surface area contributed by atoms with Crippen LogP contribution in [-0.2, 0) is 6.54 Å². The molecule has 0 atom stereocenters. The van der Waals surface area contributed by atoms with Gasteiger partial charge in [0.15, 0.2) is 0 Å². The van der Waals surface area contributed by atoms with E-state index in [1.165, 1.54) is 17.4 Å². The van der Waals surface area contributed by atoms with Gasteiger partial charge in [-0.3, -0.25) is 14.3 Å². The minimum Gasteiger partial charge on any atom is -0.494 e. The first kappa shape index (κ1) is 13.7. The van der Waals surface area contributed by atoms with E-state index in [1.54, 1.807) is 6.07 Å². The second kappa shape index (κ2) is 5.24. The van der Waals surface area contributed by atoms with Gasteiger partial charge in [0, 0.05) is 6.54 Å². The fourth-order valence-corrected chi connectivity index (χ4v) is 2.55. The maximum Gasteiger partial charge on any atom is 0.331 e. The van der Waals surface area contributed by atoms with Crippen LogP contribution in [0.4, 0.5) is 0 Å². The molecule has 110 valence electrons. The quantitative estimate of drug-likeness (QED) is 0.903. The van der Waals surface area contributed by atoms with E-state index in [4.69, 9.17) is 0 Å². The number of aromatic hydroxyl groups is 1. The fourth-order valence-electron chi connectivity index (χ4n) is 2.55. The Hall–Kier alpha value is -2.30. The van der Waals surface area contributed by atoms with E-state index in [0.29, 0.717) is 18.0 Å². The standard InChI is InChI=1S/C16H18N2O3/c1-10-3-2-4-12(9-10)13-14(19)17-16(21)18(15(13)20)8-7-11-5-6-11/h2-4,9,11,20H,5-8H2,1H3,(H,17,19,21). The third-order valence-electron chi connectivity index (χ3n) is 3.94. The Labute approximate surface area is 121 Å². The third kappa shape index (κ3) is 2.77. The highest BCUT2D eigenvalue weighted by atomic mass is 16.3. The van der Waals surface area contributed by atoms with Crippen molar-refractivity contribution >= 4 is 0 Å². The second-order valence-electron chi connectivity index (χ2n) is 5.71. The molecule has 1 heterocycles. The van der Waals surface area contributed by atoms with Crippen molar-refractivity contribution in [2.45, 2.75) is 32.7 Å². The molecule has 0 radical (unpaired) electrons. The summed E-state index contributed by atoms with van der Waals surface area (Å²) in [6, 6.07) is 7.31. The zero-order valence-corrected chi connectivity index (χ0v) is 11.9. The molecule has 1 saturated carbocycles. The Bertz CT molecular complexity index is 785. The molecular formula is C16H18N2O3. The average molecular weight is 286 g/mol. The minimum atomic E-state index is -0.550. The van der Waals surface area contributed by atoms with Gasteiger partial charge in [-0.1, -0.05) is 42.7 Å². The van der Waals surface area contributed by atoms with E-state index < -0.39 is 11.2 Å². The maximum absolute atomic E-state index is 12.0. The molecule has 0 spiro atoms. The molecule has 21 heavy (non-hydrogen) atoms. The van der Waals surface area contributed by atoms with Crippen LogP contribution in [0.1, 0.15) is 24.8 Å². The number of nitrogens with zero attached hydrogens (tertiary/aromatic N) is 1. The Kier molecular flexibility index (Phi) is 3.41. The van der Waals surface area contributed by atoms with Crippen molar-refractivity contribution in [1.29, 1.82) is 0 Å². The number of hydrogen-bond donors (Lipinski definition) is 2. The van der Waals surface area contributed by atoms with Crippen LogP contribution in [0.25, 0.3) is 11.1 Å². The zero-order valence-electron chi connectivity index (χ0n) is 11.9. The van der Waals surface area contributed by atoms with Gasteiger partial charge >= 0.3 is 5.69 Å². The number of aryl methyl sites for hydroxylation is 1. The van der Waals surface area contributed by atoms with Gasteiger partial charge in [-0.25, -0.2) is 4.79 Å². The molecule has 1 aliphatic carbocycles. The first-order valence-corrected chi connectivity index (χ1v) is 7.19. The van der Waals surface area contributed by atoms with Gasteiger partial charge in [0.25, 0.3) is 5.56 Å². The Balaban J connectivity index is 2.09. The summed E-state index contributed by atoms with van der Waals surface area (Å²) in [5.74, 6) is 0.403. The van der Waals surface area contributed by atoms with Crippen LogP contribution in [0.5, 0.6) is 5.88 Å². The fraction of sp³-hybridized carbons (Fsp3) is 0.375. The lowest BCUT2D eigenvalue weighted by atomic mass is 10.1. The maximum atomic E-state index is 12.0. The third-order valence-corrected chi connectivity index (χ3v) is 3.94. The van der Waals surface area contributed by atoms with Crippen molar-refractivity contribution < 1.29 is 5.11 Å². The first-order valence-electron chi connectivity index (χ1n) is 7.19. The predicted octanol–water partition coefficient (Wildman–Crippen LogP) is 2.02. The molecule has 1 aromatic carbocycles. The second-order valence-corrected chi connectivity index (χ2v) is 5.71. The van der Waals surface area contributed by atoms with Crippen LogP contribution in [0.2, 0.25) is 0 Å². The van der Waals surface area contributed by atoms with Crippen molar-refractivity contribution in [3.05, 3.63) is 50.7 Å². The van der Waals surface area contributed by atoms with Crippen molar-refractivity contribution in [3.63, 3.8) is 0 Å². The lowest BCUT2D eigenvalue weighted by Crippen LogP contribution is -2.31. The van der Waals surface area contributed by atoms with Gasteiger partial charge in [-0.15, -0.1) is 0 Å². The van der Waals surface area contributed by atoms with Crippen LogP contribution < -0.4 is 11.2 Å². The number of aromatic nitrogens is 2. The van der Waals surface area contributed by atoms with Gasteiger partial charge in [0.2, 0.25) is 5.88 Å². The van der Waals surface area contributed by atoms with E-state index in [0.717, 1.165) is 12.0 Å². The lowest BCUT2D eigenvalue weighted by Gasteiger charge is -2.11. The normalized spacial score (nSPS) is 14.3. The molecule has 0 unspecified atom stereocenters. The summed E-state index contributed by atoms with van der Waals surface area (Å²) in [6.07, 6.45) is 3.22. The summed E-state index contributed by atoms with van der Waals surface area (Å²) >= 11 is 0. The largest absolute Gasteiger partial charge is 0.494 e. The molecule has 1 aromatic heterocycles. The van der Waals surface area contributed by atoms with E-state index in [2.05, 4.69) is 4.98 Å². The topological polar surface area (TPSA) is 75.1 Å². The van der Waals surface area contributed by atoms with Crippen LogP contribution in [0.15, 0.2) is 33.9 Å². The number of aromatic amines is 1. The monoisotopic (exact) mass is 286 g/mol. The predicted molar refractivity (Wildman–Crippen MR) is 80.5 cm³/mol. The summed E-state index contributed by atoms with van der Waals surface area (Å²) in [5.41, 5.74) is 0.672. The number of benzene rings is 1. The van der Waals surface area contributed by atoms with Gasteiger partial charge in [0.1, 0.15) is 5.56 Å². The van der Waals surface area contributed by atoms with Crippen molar-refractivity contribution in [1.82, 2.24) is 9.55 Å². The minimum absolute atomic E-state index is 0.161. The van der Waals surface area contributed by atoms with Gasteiger partial charge in [-0.2, -0.15) is 0 Å². The van der Waals surface area contributed by atoms with Crippen LogP contribution in [0, 0.1) is 12.8 Å². The molecule has 2 N–H and O–H groups in total. The smallest absolute Gasteiger partial charge is 0.331 e. The SMILES string of the molecule is Cc1cccc(-c2c(O)n(CCC3CC3)c(=O)[nH]c2=O)c1. The van der Waals surface area contributed by atoms with Gasteiger partial charge in [-0.05, 0) is 24.8 Å². The molecule has 5 nitrogen and oxygen atoms in total. The van der Waals surface area contributed by atoms with E-state index in [-0.39, 0.29) is 11.4 Å². The average Bonchev–Trinajstić information content (AvgIpc) is 3.22. The molecule has 1 aliphatic rings. The highest BCUT2D eigenvalue weighted by Crippen LogP contribution is 2.33. The Morgan fingerprint density at radius 2 is 2.10 bits per heavy atom. The van der Waals surface area contributed by atoms with E-state index in [1.807, 2.05) is 25.1 Å². The molecule has 3 rings (SSSR count). The lowest BCUT2D eigenvalue weighted by molar-refractivity contribution is 0.395. The van der Waals surface area contributed by atoms with Crippen LogP contribution in [0.3, 0.4) is 0 Å².